The average molecular weight is 437 g/mol. The van der Waals surface area contributed by atoms with Gasteiger partial charge in [0.1, 0.15) is 5.60 Å². The summed E-state index contributed by atoms with van der Waals surface area (Å²) in [6, 6.07) is 12.9. The van der Waals surface area contributed by atoms with Crippen molar-refractivity contribution in [1.29, 1.82) is 0 Å². The molecule has 2 aromatic carbocycles. The lowest BCUT2D eigenvalue weighted by Gasteiger charge is -2.41. The zero-order valence-electron chi connectivity index (χ0n) is 20.3. The van der Waals surface area contributed by atoms with Crippen LogP contribution in [-0.2, 0) is 21.3 Å². The smallest absolute Gasteiger partial charge is 0.419 e. The first-order valence-electron chi connectivity index (χ1n) is 11.6. The van der Waals surface area contributed by atoms with Crippen molar-refractivity contribution in [2.45, 2.75) is 59.0 Å². The number of fused-ring (bicyclic) bond motifs is 2. The highest BCUT2D eigenvalue weighted by Crippen LogP contribution is 2.49. The predicted octanol–water partition coefficient (Wildman–Crippen LogP) is 5.58. The molecule has 5 heteroatoms. The maximum Gasteiger partial charge on any atom is 0.419 e. The van der Waals surface area contributed by atoms with Crippen molar-refractivity contribution in [2.75, 3.05) is 37.7 Å². The quantitative estimate of drug-likeness (QED) is 0.630. The number of aryl methyl sites for hydroxylation is 1. The molecule has 0 spiro atoms. The van der Waals surface area contributed by atoms with Gasteiger partial charge in [-0.25, -0.2) is 9.69 Å². The second kappa shape index (κ2) is 8.53. The SMILES string of the molecule is Cc1ccc2c(c1)C(C)(C)c1ccc(CCN3CCOCC3)cc1N2C(=O)OC(C)(C)C. The van der Waals surface area contributed by atoms with Gasteiger partial charge in [0.25, 0.3) is 0 Å². The molecule has 32 heavy (non-hydrogen) atoms. The molecule has 0 radical (unpaired) electrons. The molecule has 0 N–H and O–H groups in total. The van der Waals surface area contributed by atoms with Crippen LogP contribution in [-0.4, -0.2) is 49.4 Å². The number of nitrogens with zero attached hydrogens (tertiary/aromatic N) is 2. The molecule has 2 aliphatic rings. The molecular formula is C27H36N2O3. The highest BCUT2D eigenvalue weighted by atomic mass is 16.6. The second-order valence-electron chi connectivity index (χ2n) is 10.5. The van der Waals surface area contributed by atoms with Crippen LogP contribution in [0.1, 0.15) is 56.9 Å². The van der Waals surface area contributed by atoms with E-state index < -0.39 is 5.60 Å². The van der Waals surface area contributed by atoms with Crippen LogP contribution in [0.25, 0.3) is 0 Å². The third-order valence-electron chi connectivity index (χ3n) is 6.44. The minimum Gasteiger partial charge on any atom is -0.443 e. The first-order chi connectivity index (χ1) is 15.1. The van der Waals surface area contributed by atoms with E-state index in [1.807, 2.05) is 20.8 Å². The van der Waals surface area contributed by atoms with Crippen molar-refractivity contribution in [2.24, 2.45) is 0 Å². The highest BCUT2D eigenvalue weighted by Gasteiger charge is 2.40. The van der Waals surface area contributed by atoms with Crippen molar-refractivity contribution in [3.63, 3.8) is 0 Å². The normalized spacial score (nSPS) is 18.1. The standard InChI is InChI=1S/C27H36N2O3/c1-19-7-10-23-22(17-19)27(5,6)21-9-8-20(11-12-28-13-15-31-16-14-28)18-24(21)29(23)25(30)32-26(2,3)4/h7-10,17-18H,11-16H2,1-6H3. The first kappa shape index (κ1) is 22.8. The number of carbonyl (C=O) groups excluding carboxylic acids is 1. The van der Waals surface area contributed by atoms with Gasteiger partial charge in [-0.2, -0.15) is 0 Å². The Balaban J connectivity index is 1.73. The fourth-order valence-electron chi connectivity index (χ4n) is 4.68. The Labute approximate surface area is 192 Å². The van der Waals surface area contributed by atoms with E-state index in [4.69, 9.17) is 9.47 Å². The molecule has 0 aliphatic carbocycles. The Morgan fingerprint density at radius 3 is 2.44 bits per heavy atom. The Hall–Kier alpha value is -2.37. The fourth-order valence-corrected chi connectivity index (χ4v) is 4.68. The summed E-state index contributed by atoms with van der Waals surface area (Å²) in [6.07, 6.45) is 0.612. The third-order valence-corrected chi connectivity index (χ3v) is 6.44. The van der Waals surface area contributed by atoms with E-state index in [1.54, 1.807) is 4.90 Å². The molecule has 0 bridgehead atoms. The average Bonchev–Trinajstić information content (AvgIpc) is 2.72. The lowest BCUT2D eigenvalue weighted by molar-refractivity contribution is 0.0384. The molecule has 2 aliphatic heterocycles. The molecule has 0 saturated carbocycles. The molecule has 2 heterocycles. The third kappa shape index (κ3) is 4.55. The molecule has 1 saturated heterocycles. The largest absolute Gasteiger partial charge is 0.443 e. The predicted molar refractivity (Wildman–Crippen MR) is 129 cm³/mol. The van der Waals surface area contributed by atoms with Crippen molar-refractivity contribution in [3.8, 4) is 0 Å². The summed E-state index contributed by atoms with van der Waals surface area (Å²) >= 11 is 0. The molecule has 0 atom stereocenters. The Morgan fingerprint density at radius 2 is 1.75 bits per heavy atom. The Bertz CT molecular complexity index is 1000. The lowest BCUT2D eigenvalue weighted by atomic mass is 9.73. The van der Waals surface area contributed by atoms with Crippen LogP contribution in [0, 0.1) is 6.92 Å². The summed E-state index contributed by atoms with van der Waals surface area (Å²) in [4.78, 5) is 17.7. The Morgan fingerprint density at radius 1 is 1.03 bits per heavy atom. The number of morpholine rings is 1. The summed E-state index contributed by atoms with van der Waals surface area (Å²) in [6.45, 7) is 16.9. The van der Waals surface area contributed by atoms with E-state index in [0.717, 1.165) is 61.8 Å². The lowest BCUT2D eigenvalue weighted by Crippen LogP contribution is -2.40. The maximum atomic E-state index is 13.4. The van der Waals surface area contributed by atoms with Crippen LogP contribution >= 0.6 is 0 Å². The van der Waals surface area contributed by atoms with Gasteiger partial charge in [-0.1, -0.05) is 43.7 Å². The van der Waals surface area contributed by atoms with Crippen LogP contribution in [0.3, 0.4) is 0 Å². The number of ether oxygens (including phenoxy) is 2. The van der Waals surface area contributed by atoms with Gasteiger partial charge >= 0.3 is 6.09 Å². The minimum absolute atomic E-state index is 0.210. The van der Waals surface area contributed by atoms with E-state index in [9.17, 15) is 4.79 Å². The molecule has 0 aromatic heterocycles. The van der Waals surface area contributed by atoms with E-state index in [2.05, 4.69) is 62.1 Å². The van der Waals surface area contributed by atoms with Crippen molar-refractivity contribution in [3.05, 3.63) is 58.7 Å². The van der Waals surface area contributed by atoms with Gasteiger partial charge in [0.2, 0.25) is 0 Å². The number of hydrogen-bond donors (Lipinski definition) is 0. The van der Waals surface area contributed by atoms with Gasteiger partial charge in [-0.15, -0.1) is 0 Å². The number of rotatable bonds is 3. The van der Waals surface area contributed by atoms with Crippen LogP contribution in [0.5, 0.6) is 0 Å². The molecule has 5 nitrogen and oxygen atoms in total. The van der Waals surface area contributed by atoms with E-state index >= 15 is 0 Å². The summed E-state index contributed by atoms with van der Waals surface area (Å²) in [5, 5.41) is 0. The molecule has 2 aromatic rings. The van der Waals surface area contributed by atoms with Crippen LogP contribution in [0.4, 0.5) is 16.2 Å². The maximum absolute atomic E-state index is 13.4. The fraction of sp³-hybridized carbons (Fsp3) is 0.519. The molecule has 1 fully saturated rings. The van der Waals surface area contributed by atoms with Gasteiger partial charge in [0, 0.05) is 25.0 Å². The van der Waals surface area contributed by atoms with E-state index in [0.29, 0.717) is 0 Å². The zero-order valence-corrected chi connectivity index (χ0v) is 20.3. The van der Waals surface area contributed by atoms with Gasteiger partial charge in [-0.05, 0) is 62.9 Å². The van der Waals surface area contributed by atoms with Crippen molar-refractivity contribution >= 4 is 17.5 Å². The number of anilines is 2. The minimum atomic E-state index is -0.566. The monoisotopic (exact) mass is 436 g/mol. The number of benzene rings is 2. The zero-order chi connectivity index (χ0) is 23.1. The number of amides is 1. The first-order valence-corrected chi connectivity index (χ1v) is 11.6. The molecular weight excluding hydrogens is 400 g/mol. The van der Waals surface area contributed by atoms with Crippen molar-refractivity contribution in [1.82, 2.24) is 4.90 Å². The molecule has 172 valence electrons. The number of hydrogen-bond acceptors (Lipinski definition) is 4. The number of carbonyl (C=O) groups is 1. The van der Waals surface area contributed by atoms with Crippen LogP contribution in [0.2, 0.25) is 0 Å². The Kier molecular flexibility index (Phi) is 6.08. The van der Waals surface area contributed by atoms with Gasteiger partial charge in [0.05, 0.1) is 24.6 Å². The highest BCUT2D eigenvalue weighted by molar-refractivity contribution is 6.00. The molecule has 0 unspecified atom stereocenters. The summed E-state index contributed by atoms with van der Waals surface area (Å²) in [5.41, 5.74) is 5.78. The van der Waals surface area contributed by atoms with E-state index in [1.165, 1.54) is 11.1 Å². The topological polar surface area (TPSA) is 42.0 Å². The van der Waals surface area contributed by atoms with Gasteiger partial charge in [-0.3, -0.25) is 4.90 Å². The van der Waals surface area contributed by atoms with Crippen LogP contribution < -0.4 is 4.90 Å². The van der Waals surface area contributed by atoms with Gasteiger partial charge in [0.15, 0.2) is 0 Å². The molecule has 4 rings (SSSR count). The van der Waals surface area contributed by atoms with Gasteiger partial charge < -0.3 is 9.47 Å². The summed E-state index contributed by atoms with van der Waals surface area (Å²) < 4.78 is 11.3. The molecule has 1 amide bonds. The second-order valence-corrected chi connectivity index (χ2v) is 10.5. The summed E-state index contributed by atoms with van der Waals surface area (Å²) in [5.74, 6) is 0. The van der Waals surface area contributed by atoms with E-state index in [-0.39, 0.29) is 11.5 Å². The van der Waals surface area contributed by atoms with Crippen LogP contribution in [0.15, 0.2) is 36.4 Å². The summed E-state index contributed by atoms with van der Waals surface area (Å²) in [7, 11) is 0. The van der Waals surface area contributed by atoms with Crippen molar-refractivity contribution < 1.29 is 14.3 Å².